The van der Waals surface area contributed by atoms with Crippen LogP contribution in [0.5, 0.6) is 11.5 Å². The highest BCUT2D eigenvalue weighted by Gasteiger charge is 2.37. The van der Waals surface area contributed by atoms with Crippen LogP contribution in [0.15, 0.2) is 48.5 Å². The molecular weight excluding hydrogens is 296 g/mol. The molecule has 0 unspecified atom stereocenters. The van der Waals surface area contributed by atoms with Crippen molar-refractivity contribution < 1.29 is 25.2 Å². The summed E-state index contributed by atoms with van der Waals surface area (Å²) in [4.78, 5) is 8.56. The Morgan fingerprint density at radius 2 is 1.04 bits per heavy atom. The van der Waals surface area contributed by atoms with Crippen molar-refractivity contribution in [2.45, 2.75) is 31.1 Å². The molecule has 5 nitrogen and oxygen atoms in total. The second-order valence-corrected chi connectivity index (χ2v) is 5.67. The van der Waals surface area contributed by atoms with Crippen molar-refractivity contribution in [1.82, 2.24) is 0 Å². The van der Waals surface area contributed by atoms with Crippen LogP contribution in [0.4, 0.5) is 4.79 Å². The van der Waals surface area contributed by atoms with Gasteiger partial charge in [-0.2, -0.15) is 0 Å². The van der Waals surface area contributed by atoms with Gasteiger partial charge in [-0.3, -0.25) is 0 Å². The molecule has 122 valence electrons. The molecular formula is C18H20O5. The molecule has 0 radical (unpaired) electrons. The van der Waals surface area contributed by atoms with E-state index in [9.17, 15) is 10.2 Å². The van der Waals surface area contributed by atoms with Gasteiger partial charge in [-0.05, 0) is 48.2 Å². The molecule has 1 saturated carbocycles. The average Bonchev–Trinajstić information content (AvgIpc) is 2.99. The van der Waals surface area contributed by atoms with Gasteiger partial charge in [0.2, 0.25) is 0 Å². The molecule has 3 rings (SSSR count). The van der Waals surface area contributed by atoms with Gasteiger partial charge >= 0.3 is 6.16 Å². The van der Waals surface area contributed by atoms with E-state index in [0.29, 0.717) is 11.5 Å². The molecule has 0 bridgehead atoms. The quantitative estimate of drug-likeness (QED) is 0.666. The van der Waals surface area contributed by atoms with Crippen LogP contribution >= 0.6 is 0 Å². The molecule has 4 N–H and O–H groups in total. The third-order valence-electron chi connectivity index (χ3n) is 4.30. The number of phenols is 2. The minimum atomic E-state index is -1.83. The Bertz CT molecular complexity index is 589. The molecule has 2 aromatic carbocycles. The maximum atomic E-state index is 9.46. The summed E-state index contributed by atoms with van der Waals surface area (Å²) in [7, 11) is 0. The second-order valence-electron chi connectivity index (χ2n) is 5.67. The monoisotopic (exact) mass is 316 g/mol. The van der Waals surface area contributed by atoms with E-state index in [0.717, 1.165) is 12.8 Å². The lowest BCUT2D eigenvalue weighted by Crippen LogP contribution is -2.23. The van der Waals surface area contributed by atoms with Crippen LogP contribution in [-0.4, -0.2) is 26.6 Å². The van der Waals surface area contributed by atoms with Crippen molar-refractivity contribution in [3.63, 3.8) is 0 Å². The summed E-state index contributed by atoms with van der Waals surface area (Å²) in [5.74, 6) is 0.616. The largest absolute Gasteiger partial charge is 0.508 e. The average molecular weight is 316 g/mol. The molecule has 0 aromatic heterocycles. The zero-order valence-corrected chi connectivity index (χ0v) is 12.6. The molecule has 23 heavy (non-hydrogen) atoms. The topological polar surface area (TPSA) is 98.0 Å². The number of phenolic OH excluding ortho intramolecular Hbond substituents is 2. The van der Waals surface area contributed by atoms with Crippen molar-refractivity contribution in [3.05, 3.63) is 59.7 Å². The number of hydrogen-bond acceptors (Lipinski definition) is 3. The molecule has 0 spiro atoms. The van der Waals surface area contributed by atoms with Crippen molar-refractivity contribution in [2.75, 3.05) is 0 Å². The van der Waals surface area contributed by atoms with Gasteiger partial charge in [0.05, 0.1) is 0 Å². The van der Waals surface area contributed by atoms with Gasteiger partial charge < -0.3 is 20.4 Å². The van der Waals surface area contributed by atoms with Crippen molar-refractivity contribution in [2.24, 2.45) is 0 Å². The van der Waals surface area contributed by atoms with E-state index in [1.165, 1.54) is 24.0 Å². The highest BCUT2D eigenvalue weighted by atomic mass is 16.6. The van der Waals surface area contributed by atoms with Gasteiger partial charge in [-0.1, -0.05) is 37.1 Å². The van der Waals surface area contributed by atoms with Crippen LogP contribution in [0.1, 0.15) is 36.8 Å². The Morgan fingerprint density at radius 1 is 0.739 bits per heavy atom. The first-order valence-corrected chi connectivity index (χ1v) is 7.45. The third-order valence-corrected chi connectivity index (χ3v) is 4.30. The van der Waals surface area contributed by atoms with Gasteiger partial charge in [0.15, 0.2) is 0 Å². The van der Waals surface area contributed by atoms with Crippen LogP contribution in [0.2, 0.25) is 0 Å². The fraction of sp³-hybridized carbons (Fsp3) is 0.278. The van der Waals surface area contributed by atoms with E-state index >= 15 is 0 Å². The van der Waals surface area contributed by atoms with Crippen molar-refractivity contribution >= 4 is 6.16 Å². The predicted octanol–water partition coefficient (Wildman–Crippen LogP) is 4.18. The lowest BCUT2D eigenvalue weighted by Gasteiger charge is -2.30. The molecule has 0 amide bonds. The van der Waals surface area contributed by atoms with Crippen LogP contribution in [0.3, 0.4) is 0 Å². The zero-order valence-electron chi connectivity index (χ0n) is 12.6. The first-order valence-electron chi connectivity index (χ1n) is 7.45. The zero-order chi connectivity index (χ0) is 16.9. The maximum absolute atomic E-state index is 9.46. The highest BCUT2D eigenvalue weighted by molar-refractivity contribution is 5.53. The van der Waals surface area contributed by atoms with Gasteiger partial charge in [0.25, 0.3) is 0 Å². The normalized spacial score (nSPS) is 15.5. The van der Waals surface area contributed by atoms with E-state index in [-0.39, 0.29) is 5.41 Å². The van der Waals surface area contributed by atoms with Gasteiger partial charge in [0.1, 0.15) is 11.5 Å². The second kappa shape index (κ2) is 7.05. The maximum Gasteiger partial charge on any atom is 0.503 e. The molecule has 1 aliphatic carbocycles. The molecule has 1 fully saturated rings. The summed E-state index contributed by atoms with van der Waals surface area (Å²) in [6, 6.07) is 15.1. The molecule has 1 aliphatic rings. The van der Waals surface area contributed by atoms with E-state index in [1.54, 1.807) is 24.3 Å². The Morgan fingerprint density at radius 3 is 1.35 bits per heavy atom. The van der Waals surface area contributed by atoms with Crippen molar-refractivity contribution in [1.29, 1.82) is 0 Å². The van der Waals surface area contributed by atoms with Crippen LogP contribution in [-0.2, 0) is 5.41 Å². The van der Waals surface area contributed by atoms with Crippen LogP contribution in [0.25, 0.3) is 0 Å². The lowest BCUT2D eigenvalue weighted by molar-refractivity contribution is 0.137. The predicted molar refractivity (Wildman–Crippen MR) is 86.1 cm³/mol. The summed E-state index contributed by atoms with van der Waals surface area (Å²) in [5.41, 5.74) is 2.56. The standard InChI is InChI=1S/C17H18O2.CH2O3/c18-15-7-3-13(4-8-15)17(11-1-2-12-17)14-5-9-16(19)10-6-14;2-1(3)4/h3-10,18-19H,1-2,11-12H2;(H2,2,3,4). The number of carboxylic acid groups (broad SMARTS) is 2. The first-order chi connectivity index (χ1) is 10.9. The number of hydrogen-bond donors (Lipinski definition) is 4. The number of carbonyl (C=O) groups is 1. The summed E-state index contributed by atoms with van der Waals surface area (Å²) in [6.45, 7) is 0. The SMILES string of the molecule is O=C(O)O.Oc1ccc(C2(c3ccc(O)cc3)CCCC2)cc1. The summed E-state index contributed by atoms with van der Waals surface area (Å²) < 4.78 is 0. The van der Waals surface area contributed by atoms with Gasteiger partial charge in [-0.15, -0.1) is 0 Å². The van der Waals surface area contributed by atoms with Gasteiger partial charge in [-0.25, -0.2) is 4.79 Å². The fourth-order valence-electron chi connectivity index (χ4n) is 3.28. The van der Waals surface area contributed by atoms with Crippen molar-refractivity contribution in [3.8, 4) is 11.5 Å². The number of rotatable bonds is 2. The van der Waals surface area contributed by atoms with E-state index in [1.807, 2.05) is 24.3 Å². The molecule has 0 aliphatic heterocycles. The summed E-state index contributed by atoms with van der Waals surface area (Å²) >= 11 is 0. The summed E-state index contributed by atoms with van der Waals surface area (Å²) in [5, 5.41) is 32.9. The molecule has 0 saturated heterocycles. The molecule has 5 heteroatoms. The van der Waals surface area contributed by atoms with Crippen LogP contribution in [0, 0.1) is 0 Å². The van der Waals surface area contributed by atoms with Gasteiger partial charge in [0, 0.05) is 5.41 Å². The van der Waals surface area contributed by atoms with Crippen LogP contribution < -0.4 is 0 Å². The smallest absolute Gasteiger partial charge is 0.503 e. The van der Waals surface area contributed by atoms with E-state index in [4.69, 9.17) is 15.0 Å². The molecule has 0 atom stereocenters. The number of benzene rings is 2. The fourth-order valence-corrected chi connectivity index (χ4v) is 3.28. The van der Waals surface area contributed by atoms with E-state index < -0.39 is 6.16 Å². The Kier molecular flexibility index (Phi) is 5.11. The molecule has 0 heterocycles. The highest BCUT2D eigenvalue weighted by Crippen LogP contribution is 2.46. The minimum absolute atomic E-state index is 0.0431. The first kappa shape index (κ1) is 16.7. The Balaban J connectivity index is 0.000000433. The summed E-state index contributed by atoms with van der Waals surface area (Å²) in [6.07, 6.45) is 2.87. The lowest BCUT2D eigenvalue weighted by atomic mass is 9.73. The Hall–Kier alpha value is -2.69. The number of aromatic hydroxyl groups is 2. The third kappa shape index (κ3) is 3.94. The Labute approximate surface area is 134 Å². The van der Waals surface area contributed by atoms with E-state index in [2.05, 4.69) is 0 Å². The molecule has 2 aromatic rings. The minimum Gasteiger partial charge on any atom is -0.508 e.